The predicted octanol–water partition coefficient (Wildman–Crippen LogP) is 2.54. The number of unbranched alkanes of at least 4 members (excludes halogenated alkanes) is 3. The van der Waals surface area contributed by atoms with Crippen LogP contribution in [0.5, 0.6) is 0 Å². The minimum atomic E-state index is -3.67. The van der Waals surface area contributed by atoms with Crippen LogP contribution < -0.4 is 5.14 Å². The molecule has 1 heterocycles. The topological polar surface area (TPSA) is 92.8 Å². The van der Waals surface area contributed by atoms with Crippen LogP contribution >= 0.6 is 11.3 Å². The van der Waals surface area contributed by atoms with E-state index in [2.05, 4.69) is 12.1 Å². The van der Waals surface area contributed by atoms with Crippen LogP contribution in [0.1, 0.15) is 44.6 Å². The molecule has 0 atom stereocenters. The first-order chi connectivity index (χ1) is 8.49. The lowest BCUT2D eigenvalue weighted by Crippen LogP contribution is -2.10. The molecule has 1 aromatic rings. The normalized spacial score (nSPS) is 12.9. The van der Waals surface area contributed by atoms with Crippen LogP contribution in [0, 0.1) is 0 Å². The van der Waals surface area contributed by atoms with Gasteiger partial charge in [-0.2, -0.15) is 0 Å². The Morgan fingerprint density at radius 1 is 1.44 bits per heavy atom. The molecule has 0 spiro atoms. The van der Waals surface area contributed by atoms with E-state index in [9.17, 15) is 8.42 Å². The summed E-state index contributed by atoms with van der Waals surface area (Å²) in [4.78, 5) is 0. The van der Waals surface area contributed by atoms with E-state index in [0.717, 1.165) is 37.0 Å². The second-order valence-electron chi connectivity index (χ2n) is 4.06. The number of nitrogens with zero attached hydrogens (tertiary/aromatic N) is 1. The van der Waals surface area contributed by atoms with E-state index in [4.69, 9.17) is 10.3 Å². The van der Waals surface area contributed by atoms with Gasteiger partial charge in [-0.05, 0) is 18.9 Å². The minimum Gasteiger partial charge on any atom is -0.411 e. The third-order valence-electron chi connectivity index (χ3n) is 2.58. The lowest BCUT2D eigenvalue weighted by molar-refractivity contribution is 0.317. The second-order valence-corrected chi connectivity index (χ2v) is 6.76. The molecule has 0 aliphatic carbocycles. The summed E-state index contributed by atoms with van der Waals surface area (Å²) in [6, 6.07) is 1.45. The highest BCUT2D eigenvalue weighted by Crippen LogP contribution is 2.21. The van der Waals surface area contributed by atoms with E-state index in [1.54, 1.807) is 5.38 Å². The second kappa shape index (κ2) is 6.86. The molecule has 0 saturated carbocycles. The van der Waals surface area contributed by atoms with Gasteiger partial charge in [-0.15, -0.1) is 11.3 Å². The zero-order valence-corrected chi connectivity index (χ0v) is 11.9. The van der Waals surface area contributed by atoms with Crippen molar-refractivity contribution in [2.45, 2.75) is 43.2 Å². The number of rotatable bonds is 7. The van der Waals surface area contributed by atoms with Crippen LogP contribution in [0.2, 0.25) is 0 Å². The third-order valence-corrected chi connectivity index (χ3v) is 4.96. The van der Waals surface area contributed by atoms with Crippen molar-refractivity contribution in [3.8, 4) is 0 Å². The van der Waals surface area contributed by atoms with Crippen LogP contribution in [-0.4, -0.2) is 19.3 Å². The Morgan fingerprint density at radius 3 is 2.67 bits per heavy atom. The number of hydrogen-bond donors (Lipinski definition) is 2. The Bertz CT molecular complexity index is 506. The Hall–Kier alpha value is -0.920. The molecule has 18 heavy (non-hydrogen) atoms. The Morgan fingerprint density at radius 2 is 2.17 bits per heavy atom. The van der Waals surface area contributed by atoms with Gasteiger partial charge in [-0.1, -0.05) is 31.3 Å². The molecule has 5 nitrogen and oxygen atoms in total. The van der Waals surface area contributed by atoms with Crippen molar-refractivity contribution >= 4 is 27.1 Å². The van der Waals surface area contributed by atoms with Gasteiger partial charge in [0, 0.05) is 10.9 Å². The summed E-state index contributed by atoms with van der Waals surface area (Å²) in [5.74, 6) is 0. The molecule has 0 amide bonds. The summed E-state index contributed by atoms with van der Waals surface area (Å²) in [5, 5.41) is 18.9. The van der Waals surface area contributed by atoms with Crippen LogP contribution in [0.4, 0.5) is 0 Å². The summed E-state index contributed by atoms with van der Waals surface area (Å²) in [6.45, 7) is 2.12. The molecule has 0 unspecified atom stereocenters. The molecule has 0 bridgehead atoms. The van der Waals surface area contributed by atoms with Crippen molar-refractivity contribution < 1.29 is 13.6 Å². The van der Waals surface area contributed by atoms with E-state index in [0.29, 0.717) is 17.7 Å². The zero-order valence-electron chi connectivity index (χ0n) is 10.3. The van der Waals surface area contributed by atoms with Gasteiger partial charge in [-0.25, -0.2) is 13.6 Å². The van der Waals surface area contributed by atoms with Crippen molar-refractivity contribution in [1.82, 2.24) is 0 Å². The largest absolute Gasteiger partial charge is 0.411 e. The maximum atomic E-state index is 11.1. The van der Waals surface area contributed by atoms with Crippen molar-refractivity contribution in [3.63, 3.8) is 0 Å². The van der Waals surface area contributed by atoms with Crippen LogP contribution in [0.3, 0.4) is 0 Å². The van der Waals surface area contributed by atoms with Gasteiger partial charge < -0.3 is 5.21 Å². The highest BCUT2D eigenvalue weighted by Gasteiger charge is 2.14. The molecule has 102 valence electrons. The number of thiophene rings is 1. The molecule has 0 saturated heterocycles. The Kier molecular flexibility index (Phi) is 5.77. The summed E-state index contributed by atoms with van der Waals surface area (Å²) in [5.41, 5.74) is 1.14. The number of nitrogens with two attached hydrogens (primary N) is 1. The summed E-state index contributed by atoms with van der Waals surface area (Å²) < 4.78 is 22.4. The SMILES string of the molecule is CCCCCC/C(=N/O)c1csc(S(N)(=O)=O)c1. The molecule has 0 aliphatic heterocycles. The molecular formula is C11H18N2O3S2. The van der Waals surface area contributed by atoms with Gasteiger partial charge in [0.05, 0.1) is 5.71 Å². The van der Waals surface area contributed by atoms with Crippen LogP contribution in [-0.2, 0) is 10.0 Å². The summed E-state index contributed by atoms with van der Waals surface area (Å²) >= 11 is 1.04. The minimum absolute atomic E-state index is 0.0900. The quantitative estimate of drug-likeness (QED) is 0.350. The molecular weight excluding hydrogens is 272 g/mol. The van der Waals surface area contributed by atoms with Crippen LogP contribution in [0.15, 0.2) is 20.8 Å². The Labute approximate surface area is 111 Å². The first kappa shape index (κ1) is 15.1. The molecule has 0 radical (unpaired) electrons. The first-order valence-corrected chi connectivity index (χ1v) is 8.24. The van der Waals surface area contributed by atoms with Gasteiger partial charge in [0.25, 0.3) is 0 Å². The zero-order chi connectivity index (χ0) is 13.6. The highest BCUT2D eigenvalue weighted by atomic mass is 32.2. The number of sulfonamides is 1. The van der Waals surface area contributed by atoms with Crippen molar-refractivity contribution in [2.24, 2.45) is 10.3 Å². The number of hydrogen-bond acceptors (Lipinski definition) is 5. The lowest BCUT2D eigenvalue weighted by atomic mass is 10.1. The fourth-order valence-corrected chi connectivity index (χ4v) is 3.20. The van der Waals surface area contributed by atoms with Gasteiger partial charge in [0.1, 0.15) is 4.21 Å². The van der Waals surface area contributed by atoms with Gasteiger partial charge in [-0.3, -0.25) is 0 Å². The standard InChI is InChI=1S/C11H18N2O3S2/c1-2-3-4-5-6-10(13-14)9-7-11(17-8-9)18(12,15)16/h7-8,14H,2-6H2,1H3,(H2,12,15,16)/b13-10-. The number of oxime groups is 1. The van der Waals surface area contributed by atoms with E-state index in [1.165, 1.54) is 6.07 Å². The van der Waals surface area contributed by atoms with E-state index in [-0.39, 0.29) is 4.21 Å². The predicted molar refractivity (Wildman–Crippen MR) is 72.8 cm³/mol. The smallest absolute Gasteiger partial charge is 0.247 e. The lowest BCUT2D eigenvalue weighted by Gasteiger charge is -2.01. The molecule has 0 aromatic carbocycles. The number of primary sulfonamides is 1. The molecule has 1 aromatic heterocycles. The monoisotopic (exact) mass is 290 g/mol. The molecule has 0 fully saturated rings. The van der Waals surface area contributed by atoms with Gasteiger partial charge in [0.15, 0.2) is 0 Å². The molecule has 0 aliphatic rings. The average molecular weight is 290 g/mol. The van der Waals surface area contributed by atoms with E-state index < -0.39 is 10.0 Å². The van der Waals surface area contributed by atoms with Crippen molar-refractivity contribution in [2.75, 3.05) is 0 Å². The van der Waals surface area contributed by atoms with Crippen molar-refractivity contribution in [1.29, 1.82) is 0 Å². The fraction of sp³-hybridized carbons (Fsp3) is 0.545. The Balaban J connectivity index is 2.69. The molecule has 1 rings (SSSR count). The first-order valence-electron chi connectivity index (χ1n) is 5.81. The third kappa shape index (κ3) is 4.40. The van der Waals surface area contributed by atoms with E-state index in [1.807, 2.05) is 0 Å². The molecule has 3 N–H and O–H groups in total. The highest BCUT2D eigenvalue weighted by molar-refractivity contribution is 7.91. The average Bonchev–Trinajstić information content (AvgIpc) is 2.78. The van der Waals surface area contributed by atoms with Crippen molar-refractivity contribution in [3.05, 3.63) is 17.0 Å². The van der Waals surface area contributed by atoms with E-state index >= 15 is 0 Å². The fourth-order valence-electron chi connectivity index (χ4n) is 1.59. The maximum Gasteiger partial charge on any atom is 0.247 e. The molecule has 7 heteroatoms. The van der Waals surface area contributed by atoms with Gasteiger partial charge >= 0.3 is 0 Å². The van der Waals surface area contributed by atoms with Gasteiger partial charge in [0.2, 0.25) is 10.0 Å². The summed E-state index contributed by atoms with van der Waals surface area (Å²) in [7, 11) is -3.67. The van der Waals surface area contributed by atoms with Crippen LogP contribution in [0.25, 0.3) is 0 Å². The maximum absolute atomic E-state index is 11.1. The summed E-state index contributed by atoms with van der Waals surface area (Å²) in [6.07, 6.45) is 4.91.